The van der Waals surface area contributed by atoms with Crippen LogP contribution in [0.1, 0.15) is 6.92 Å². The van der Waals surface area contributed by atoms with Crippen LogP contribution in [-0.4, -0.2) is 28.8 Å². The number of hydrogen-bond donors (Lipinski definition) is 2. The third-order valence-corrected chi connectivity index (χ3v) is 2.58. The van der Waals surface area contributed by atoms with E-state index in [9.17, 15) is 9.59 Å². The second-order valence-electron chi connectivity index (χ2n) is 2.83. The molecule has 1 aromatic rings. The van der Waals surface area contributed by atoms with E-state index in [1.165, 1.54) is 24.9 Å². The molecule has 0 spiro atoms. The van der Waals surface area contributed by atoms with E-state index in [1.54, 1.807) is 12.1 Å². The molecule has 0 saturated heterocycles. The minimum absolute atomic E-state index is 0.239. The lowest BCUT2D eigenvalue weighted by molar-refractivity contribution is -0.140. The summed E-state index contributed by atoms with van der Waals surface area (Å²) in [5.41, 5.74) is 0. The van der Waals surface area contributed by atoms with Gasteiger partial charge < -0.3 is 14.8 Å². The third kappa shape index (κ3) is 4.07. The number of hydrogen-bond acceptors (Lipinski definition) is 4. The molecular formula is C9H11NO4S. The highest BCUT2D eigenvalue weighted by Crippen LogP contribution is 2.18. The average Bonchev–Trinajstić information content (AvgIpc) is 2.63. The monoisotopic (exact) mass is 229 g/mol. The van der Waals surface area contributed by atoms with Gasteiger partial charge in [0, 0.05) is 12.7 Å². The van der Waals surface area contributed by atoms with E-state index in [0.717, 1.165) is 0 Å². The van der Waals surface area contributed by atoms with Gasteiger partial charge in [0.1, 0.15) is 6.04 Å². The molecule has 1 amide bonds. The van der Waals surface area contributed by atoms with Crippen molar-refractivity contribution in [3.05, 3.63) is 18.4 Å². The number of aliphatic carboxylic acids is 1. The highest BCUT2D eigenvalue weighted by atomic mass is 32.2. The van der Waals surface area contributed by atoms with E-state index in [1.807, 2.05) is 0 Å². The Kier molecular flexibility index (Phi) is 4.23. The zero-order chi connectivity index (χ0) is 11.3. The largest absolute Gasteiger partial charge is 0.480 e. The Hall–Kier alpha value is -1.43. The summed E-state index contributed by atoms with van der Waals surface area (Å²) >= 11 is 1.24. The second kappa shape index (κ2) is 5.45. The lowest BCUT2D eigenvalue weighted by Gasteiger charge is -2.11. The van der Waals surface area contributed by atoms with Gasteiger partial charge in [-0.2, -0.15) is 0 Å². The average molecular weight is 229 g/mol. The fourth-order valence-electron chi connectivity index (χ4n) is 0.931. The Morgan fingerprint density at radius 1 is 1.67 bits per heavy atom. The lowest BCUT2D eigenvalue weighted by atomic mass is 10.3. The van der Waals surface area contributed by atoms with Crippen molar-refractivity contribution >= 4 is 23.6 Å². The van der Waals surface area contributed by atoms with Crippen LogP contribution in [-0.2, 0) is 9.59 Å². The molecule has 15 heavy (non-hydrogen) atoms. The van der Waals surface area contributed by atoms with E-state index >= 15 is 0 Å². The predicted octanol–water partition coefficient (Wildman–Crippen LogP) is 0.961. The summed E-state index contributed by atoms with van der Waals surface area (Å²) in [7, 11) is 0. The number of carboxylic acids is 1. The maximum atomic E-state index is 10.7. The first-order chi connectivity index (χ1) is 7.09. The number of carboxylic acid groups (broad SMARTS) is 1. The molecule has 0 aromatic carbocycles. The van der Waals surface area contributed by atoms with Crippen molar-refractivity contribution in [3.63, 3.8) is 0 Å². The molecule has 1 heterocycles. The summed E-state index contributed by atoms with van der Waals surface area (Å²) in [5, 5.41) is 11.8. The number of furan rings is 1. The molecule has 6 heteroatoms. The minimum atomic E-state index is -1.05. The zero-order valence-corrected chi connectivity index (χ0v) is 8.91. The number of thioether (sulfide) groups is 1. The molecule has 0 radical (unpaired) electrons. The maximum Gasteiger partial charge on any atom is 0.327 e. The predicted molar refractivity (Wildman–Crippen MR) is 54.7 cm³/mol. The smallest absolute Gasteiger partial charge is 0.327 e. The van der Waals surface area contributed by atoms with E-state index in [-0.39, 0.29) is 11.7 Å². The number of carbonyl (C=O) groups excluding carboxylic acids is 1. The highest BCUT2D eigenvalue weighted by Gasteiger charge is 2.18. The lowest BCUT2D eigenvalue weighted by Crippen LogP contribution is -2.41. The van der Waals surface area contributed by atoms with Gasteiger partial charge in [-0.25, -0.2) is 4.79 Å². The van der Waals surface area contributed by atoms with Gasteiger partial charge in [-0.15, -0.1) is 0 Å². The molecule has 1 rings (SSSR count). The van der Waals surface area contributed by atoms with Crippen LogP contribution in [0.3, 0.4) is 0 Å². The standard InChI is InChI=1S/C9H11NO4S/c1-6(11)10-7(9(12)13)5-15-8-3-2-4-14-8/h2-4,7H,5H2,1H3,(H,10,11)(H,12,13)/t7-/m0/s1. The molecule has 0 aliphatic heterocycles. The molecule has 5 nitrogen and oxygen atoms in total. The Labute approximate surface area is 90.8 Å². The highest BCUT2D eigenvalue weighted by molar-refractivity contribution is 7.99. The molecule has 0 aliphatic rings. The van der Waals surface area contributed by atoms with Crippen molar-refractivity contribution in [3.8, 4) is 0 Å². The molecule has 1 atom stereocenters. The fraction of sp³-hybridized carbons (Fsp3) is 0.333. The molecular weight excluding hydrogens is 218 g/mol. The van der Waals surface area contributed by atoms with Crippen molar-refractivity contribution in [1.82, 2.24) is 5.32 Å². The zero-order valence-electron chi connectivity index (χ0n) is 8.10. The first kappa shape index (κ1) is 11.6. The summed E-state index contributed by atoms with van der Waals surface area (Å²) in [6, 6.07) is 2.56. The number of amides is 1. The van der Waals surface area contributed by atoms with Gasteiger partial charge in [-0.05, 0) is 12.1 Å². The first-order valence-corrected chi connectivity index (χ1v) is 5.24. The molecule has 82 valence electrons. The topological polar surface area (TPSA) is 79.5 Å². The maximum absolute atomic E-state index is 10.7. The summed E-state index contributed by atoms with van der Waals surface area (Å²) in [6.07, 6.45) is 1.51. The number of nitrogens with one attached hydrogen (secondary N) is 1. The molecule has 0 aliphatic carbocycles. The van der Waals surface area contributed by atoms with Gasteiger partial charge in [0.25, 0.3) is 0 Å². The SMILES string of the molecule is CC(=O)N[C@@H](CSc1ccco1)C(=O)O. The molecule has 0 unspecified atom stereocenters. The van der Waals surface area contributed by atoms with Crippen molar-refractivity contribution in [2.75, 3.05) is 5.75 Å². The van der Waals surface area contributed by atoms with Crippen molar-refractivity contribution in [2.45, 2.75) is 18.1 Å². The Morgan fingerprint density at radius 2 is 2.40 bits per heavy atom. The van der Waals surface area contributed by atoms with Crippen LogP contribution in [0.15, 0.2) is 27.9 Å². The summed E-state index contributed by atoms with van der Waals surface area (Å²) < 4.78 is 5.03. The van der Waals surface area contributed by atoms with Crippen LogP contribution >= 0.6 is 11.8 Å². The Bertz CT molecular complexity index is 336. The first-order valence-electron chi connectivity index (χ1n) is 4.26. The van der Waals surface area contributed by atoms with Crippen LogP contribution in [0, 0.1) is 0 Å². The van der Waals surface area contributed by atoms with Crippen LogP contribution in [0.25, 0.3) is 0 Å². The van der Waals surface area contributed by atoms with Crippen molar-refractivity contribution in [1.29, 1.82) is 0 Å². The molecule has 0 bridgehead atoms. The van der Waals surface area contributed by atoms with Gasteiger partial charge in [0.05, 0.1) is 6.26 Å². The number of rotatable bonds is 5. The molecule has 0 saturated carbocycles. The van der Waals surface area contributed by atoms with Gasteiger partial charge in [-0.3, -0.25) is 4.79 Å². The molecule has 0 fully saturated rings. The Balaban J connectivity index is 2.45. The molecule has 2 N–H and O–H groups in total. The van der Waals surface area contributed by atoms with E-state index < -0.39 is 12.0 Å². The van der Waals surface area contributed by atoms with Gasteiger partial charge in [0.2, 0.25) is 5.91 Å². The third-order valence-electron chi connectivity index (χ3n) is 1.56. The number of carbonyl (C=O) groups is 2. The quantitative estimate of drug-likeness (QED) is 0.735. The van der Waals surface area contributed by atoms with Crippen LogP contribution in [0.2, 0.25) is 0 Å². The summed E-state index contributed by atoms with van der Waals surface area (Å²) in [5.74, 6) is -1.17. The van der Waals surface area contributed by atoms with Crippen molar-refractivity contribution < 1.29 is 19.1 Å². The Morgan fingerprint density at radius 3 is 2.87 bits per heavy atom. The van der Waals surface area contributed by atoms with Gasteiger partial charge in [0.15, 0.2) is 5.09 Å². The molecule has 1 aromatic heterocycles. The van der Waals surface area contributed by atoms with E-state index in [0.29, 0.717) is 5.09 Å². The van der Waals surface area contributed by atoms with Crippen molar-refractivity contribution in [2.24, 2.45) is 0 Å². The van der Waals surface area contributed by atoms with Crippen LogP contribution in [0.4, 0.5) is 0 Å². The van der Waals surface area contributed by atoms with Crippen LogP contribution in [0.5, 0.6) is 0 Å². The van der Waals surface area contributed by atoms with E-state index in [4.69, 9.17) is 9.52 Å². The van der Waals surface area contributed by atoms with E-state index in [2.05, 4.69) is 5.32 Å². The minimum Gasteiger partial charge on any atom is -0.480 e. The van der Waals surface area contributed by atoms with Gasteiger partial charge >= 0.3 is 5.97 Å². The fourth-order valence-corrected chi connectivity index (χ4v) is 1.79. The summed E-state index contributed by atoms with van der Waals surface area (Å²) in [6.45, 7) is 1.29. The van der Waals surface area contributed by atoms with Gasteiger partial charge in [-0.1, -0.05) is 11.8 Å². The van der Waals surface area contributed by atoms with Crippen LogP contribution < -0.4 is 5.32 Å². The summed E-state index contributed by atoms with van der Waals surface area (Å²) in [4.78, 5) is 21.4. The second-order valence-corrected chi connectivity index (χ2v) is 3.86. The normalized spacial score (nSPS) is 12.1.